The first-order valence-corrected chi connectivity index (χ1v) is 11.4. The number of carbonyl (C=O) groups is 2. The van der Waals surface area contributed by atoms with Crippen LogP contribution < -0.4 is 0 Å². The van der Waals surface area contributed by atoms with Gasteiger partial charge >= 0.3 is 5.97 Å². The van der Waals surface area contributed by atoms with Crippen LogP contribution in [0.25, 0.3) is 6.08 Å². The number of carbonyl (C=O) groups excluding carboxylic acids is 2. The van der Waals surface area contributed by atoms with E-state index in [0.29, 0.717) is 17.6 Å². The van der Waals surface area contributed by atoms with Crippen LogP contribution in [0.4, 0.5) is 4.39 Å². The summed E-state index contributed by atoms with van der Waals surface area (Å²) in [4.78, 5) is 24.1. The highest BCUT2D eigenvalue weighted by molar-refractivity contribution is 9.10. The van der Waals surface area contributed by atoms with Gasteiger partial charge in [-0.15, -0.1) is 0 Å². The lowest BCUT2D eigenvalue weighted by Crippen LogP contribution is -2.27. The molecule has 0 atom stereocenters. The van der Waals surface area contributed by atoms with Gasteiger partial charge in [0.2, 0.25) is 10.0 Å². The molecule has 2 aromatic rings. The molecular formula is C21H19BrFNO5S. The Morgan fingerprint density at radius 1 is 1.10 bits per heavy atom. The van der Waals surface area contributed by atoms with Crippen molar-refractivity contribution in [3.63, 3.8) is 0 Å². The number of sulfonamides is 1. The standard InChI is InChI=1S/C21H19BrFNO5S/c22-17-6-9-19(23)16(13-17)5-10-21(26)29-14-20(25)15-3-7-18(8-4-15)30(27,28)24-11-1-2-12-24/h3-10,13H,1-2,11-12,14H2/b10-5+. The minimum atomic E-state index is -3.55. The Hall–Kier alpha value is -2.36. The Kier molecular flexibility index (Phi) is 7.17. The van der Waals surface area contributed by atoms with E-state index in [1.807, 2.05) is 0 Å². The lowest BCUT2D eigenvalue weighted by Gasteiger charge is -2.15. The van der Waals surface area contributed by atoms with E-state index in [9.17, 15) is 22.4 Å². The smallest absolute Gasteiger partial charge is 0.331 e. The van der Waals surface area contributed by atoms with Gasteiger partial charge in [0.25, 0.3) is 0 Å². The molecule has 1 aliphatic rings. The van der Waals surface area contributed by atoms with Crippen molar-refractivity contribution in [3.05, 3.63) is 70.0 Å². The van der Waals surface area contributed by atoms with Crippen molar-refractivity contribution < 1.29 is 27.1 Å². The predicted octanol–water partition coefficient (Wildman–Crippen LogP) is 3.81. The van der Waals surface area contributed by atoms with E-state index in [2.05, 4.69) is 15.9 Å². The van der Waals surface area contributed by atoms with Crippen LogP contribution in [0.15, 0.2) is 57.9 Å². The normalized spacial score (nSPS) is 14.9. The Balaban J connectivity index is 1.57. The zero-order valence-corrected chi connectivity index (χ0v) is 18.3. The van der Waals surface area contributed by atoms with Crippen LogP contribution in [0.2, 0.25) is 0 Å². The van der Waals surface area contributed by atoms with E-state index in [-0.39, 0.29) is 16.0 Å². The monoisotopic (exact) mass is 495 g/mol. The highest BCUT2D eigenvalue weighted by Gasteiger charge is 2.27. The molecule has 0 unspecified atom stereocenters. The third-order valence-electron chi connectivity index (χ3n) is 4.58. The summed E-state index contributed by atoms with van der Waals surface area (Å²) in [7, 11) is -3.55. The van der Waals surface area contributed by atoms with E-state index in [1.54, 1.807) is 0 Å². The second kappa shape index (κ2) is 9.63. The summed E-state index contributed by atoms with van der Waals surface area (Å²) in [6.07, 6.45) is 3.96. The number of ether oxygens (including phenoxy) is 1. The van der Waals surface area contributed by atoms with Crippen molar-refractivity contribution in [3.8, 4) is 0 Å². The first-order chi connectivity index (χ1) is 14.3. The molecule has 0 aliphatic carbocycles. The molecule has 0 radical (unpaired) electrons. The van der Waals surface area contributed by atoms with E-state index >= 15 is 0 Å². The van der Waals surface area contributed by atoms with Gasteiger partial charge in [-0.2, -0.15) is 4.31 Å². The number of halogens is 2. The fourth-order valence-corrected chi connectivity index (χ4v) is 4.85. The Morgan fingerprint density at radius 2 is 1.77 bits per heavy atom. The first-order valence-electron chi connectivity index (χ1n) is 9.21. The SMILES string of the molecule is O=C(/C=C/c1cc(Br)ccc1F)OCC(=O)c1ccc(S(=O)(=O)N2CCCC2)cc1. The van der Waals surface area contributed by atoms with E-state index in [1.165, 1.54) is 52.8 Å². The quantitative estimate of drug-likeness (QED) is 0.331. The van der Waals surface area contributed by atoms with Crippen molar-refractivity contribution in [2.24, 2.45) is 0 Å². The Bertz CT molecular complexity index is 1080. The molecule has 0 bridgehead atoms. The third-order valence-corrected chi connectivity index (χ3v) is 6.99. The van der Waals surface area contributed by atoms with Gasteiger partial charge < -0.3 is 4.74 Å². The van der Waals surface area contributed by atoms with Gasteiger partial charge in [0.05, 0.1) is 4.90 Å². The molecular weight excluding hydrogens is 477 g/mol. The molecule has 0 N–H and O–H groups in total. The maximum atomic E-state index is 13.6. The Morgan fingerprint density at radius 3 is 2.43 bits per heavy atom. The Labute approximate surface area is 182 Å². The van der Waals surface area contributed by atoms with Crippen molar-refractivity contribution in [2.45, 2.75) is 17.7 Å². The van der Waals surface area contributed by atoms with Gasteiger partial charge in [-0.05, 0) is 61.4 Å². The van der Waals surface area contributed by atoms with Crippen LogP contribution in [0, 0.1) is 5.82 Å². The van der Waals surface area contributed by atoms with E-state index in [0.717, 1.165) is 18.9 Å². The summed E-state index contributed by atoms with van der Waals surface area (Å²) < 4.78 is 45.6. The van der Waals surface area contributed by atoms with Crippen molar-refractivity contribution in [1.29, 1.82) is 0 Å². The number of nitrogens with zero attached hydrogens (tertiary/aromatic N) is 1. The largest absolute Gasteiger partial charge is 0.454 e. The summed E-state index contributed by atoms with van der Waals surface area (Å²) in [6, 6.07) is 9.83. The van der Waals surface area contributed by atoms with Crippen LogP contribution >= 0.6 is 15.9 Å². The molecule has 30 heavy (non-hydrogen) atoms. The second-order valence-electron chi connectivity index (χ2n) is 6.67. The summed E-state index contributed by atoms with van der Waals surface area (Å²) in [5.41, 5.74) is 0.424. The molecule has 1 saturated heterocycles. The average molecular weight is 496 g/mol. The maximum Gasteiger partial charge on any atom is 0.331 e. The van der Waals surface area contributed by atoms with E-state index < -0.39 is 34.2 Å². The van der Waals surface area contributed by atoms with Gasteiger partial charge in [0.1, 0.15) is 5.82 Å². The maximum absolute atomic E-state index is 13.6. The molecule has 6 nitrogen and oxygen atoms in total. The van der Waals surface area contributed by atoms with Crippen LogP contribution in [0.5, 0.6) is 0 Å². The summed E-state index contributed by atoms with van der Waals surface area (Å²) in [5.74, 6) is -1.77. The lowest BCUT2D eigenvalue weighted by atomic mass is 10.1. The van der Waals surface area contributed by atoms with Gasteiger partial charge in [-0.25, -0.2) is 17.6 Å². The molecule has 0 spiro atoms. The number of hydrogen-bond donors (Lipinski definition) is 0. The fraction of sp³-hybridized carbons (Fsp3) is 0.238. The zero-order chi connectivity index (χ0) is 21.7. The highest BCUT2D eigenvalue weighted by Crippen LogP contribution is 2.21. The van der Waals surface area contributed by atoms with Crippen molar-refractivity contribution in [1.82, 2.24) is 4.31 Å². The van der Waals surface area contributed by atoms with Crippen molar-refractivity contribution in [2.75, 3.05) is 19.7 Å². The third kappa shape index (κ3) is 5.41. The minimum Gasteiger partial charge on any atom is -0.454 e. The molecule has 3 rings (SSSR count). The summed E-state index contributed by atoms with van der Waals surface area (Å²) >= 11 is 3.21. The zero-order valence-electron chi connectivity index (χ0n) is 15.9. The average Bonchev–Trinajstić information content (AvgIpc) is 3.28. The topological polar surface area (TPSA) is 80.8 Å². The molecule has 1 heterocycles. The van der Waals surface area contributed by atoms with Gasteiger partial charge in [-0.3, -0.25) is 4.79 Å². The highest BCUT2D eigenvalue weighted by atomic mass is 79.9. The molecule has 0 amide bonds. The van der Waals surface area contributed by atoms with Crippen molar-refractivity contribution >= 4 is 43.8 Å². The molecule has 158 valence electrons. The molecule has 0 aromatic heterocycles. The molecule has 1 aliphatic heterocycles. The molecule has 0 saturated carbocycles. The van der Waals surface area contributed by atoms with Crippen LogP contribution in [-0.4, -0.2) is 44.2 Å². The predicted molar refractivity (Wildman–Crippen MR) is 113 cm³/mol. The number of Topliss-reactive ketones (excluding diaryl/α,β-unsaturated/α-hetero) is 1. The summed E-state index contributed by atoms with van der Waals surface area (Å²) in [6.45, 7) is 0.481. The van der Waals surface area contributed by atoms with Crippen LogP contribution in [0.3, 0.4) is 0 Å². The number of rotatable bonds is 7. The number of ketones is 1. The lowest BCUT2D eigenvalue weighted by molar-refractivity contribution is -0.136. The van der Waals surface area contributed by atoms with Crippen LogP contribution in [0.1, 0.15) is 28.8 Å². The van der Waals surface area contributed by atoms with Gasteiger partial charge in [0.15, 0.2) is 12.4 Å². The minimum absolute atomic E-state index is 0.122. The summed E-state index contributed by atoms with van der Waals surface area (Å²) in [5, 5.41) is 0. The second-order valence-corrected chi connectivity index (χ2v) is 9.52. The number of esters is 1. The van der Waals surface area contributed by atoms with E-state index in [4.69, 9.17) is 4.74 Å². The fourth-order valence-electron chi connectivity index (χ4n) is 2.96. The van der Waals surface area contributed by atoms with Gasteiger partial charge in [-0.1, -0.05) is 15.9 Å². The molecule has 1 fully saturated rings. The van der Waals surface area contributed by atoms with Gasteiger partial charge in [0, 0.05) is 34.8 Å². The first kappa shape index (κ1) is 22.3. The molecule has 9 heteroatoms. The van der Waals surface area contributed by atoms with Crippen LogP contribution in [-0.2, 0) is 19.6 Å². The number of benzene rings is 2. The number of hydrogen-bond acceptors (Lipinski definition) is 5. The molecule has 2 aromatic carbocycles.